The Hall–Kier alpha value is -0.120. The average Bonchev–Trinajstić information content (AvgIpc) is 3.13. The number of likely N-dealkylation sites (tertiary alicyclic amines) is 1. The highest BCUT2D eigenvalue weighted by Gasteiger charge is 2.23. The van der Waals surface area contributed by atoms with Crippen molar-refractivity contribution in [3.8, 4) is 0 Å². The lowest BCUT2D eigenvalue weighted by Gasteiger charge is -2.36. The third kappa shape index (κ3) is 3.72. The summed E-state index contributed by atoms with van der Waals surface area (Å²) in [6.45, 7) is 8.47. The van der Waals surface area contributed by atoms with E-state index in [0.717, 1.165) is 12.1 Å². The van der Waals surface area contributed by atoms with Crippen molar-refractivity contribution in [1.29, 1.82) is 0 Å². The van der Waals surface area contributed by atoms with Crippen LogP contribution in [0.5, 0.6) is 0 Å². The highest BCUT2D eigenvalue weighted by Crippen LogP contribution is 2.18. The quantitative estimate of drug-likeness (QED) is 0.732. The van der Waals surface area contributed by atoms with E-state index in [1.165, 1.54) is 58.4 Å². The zero-order valence-electron chi connectivity index (χ0n) is 10.9. The molecule has 1 heterocycles. The first-order chi connectivity index (χ1) is 7.79. The van der Waals surface area contributed by atoms with E-state index in [9.17, 15) is 0 Å². The summed E-state index contributed by atoms with van der Waals surface area (Å²) >= 11 is 0. The summed E-state index contributed by atoms with van der Waals surface area (Å²) in [4.78, 5) is 5.12. The molecule has 0 aromatic rings. The second kappa shape index (κ2) is 5.99. The fourth-order valence-electron chi connectivity index (χ4n) is 2.59. The normalized spacial score (nSPS) is 24.2. The molecule has 0 atom stereocenters. The second-order valence-corrected chi connectivity index (χ2v) is 5.37. The van der Waals surface area contributed by atoms with Gasteiger partial charge in [-0.05, 0) is 52.4 Å². The number of piperidine rings is 1. The maximum atomic E-state index is 3.59. The lowest BCUT2D eigenvalue weighted by Crippen LogP contribution is -2.45. The Morgan fingerprint density at radius 2 is 1.88 bits per heavy atom. The minimum atomic E-state index is 0.823. The average molecular weight is 225 g/mol. The van der Waals surface area contributed by atoms with E-state index in [-0.39, 0.29) is 0 Å². The Morgan fingerprint density at radius 3 is 2.44 bits per heavy atom. The van der Waals surface area contributed by atoms with Crippen LogP contribution < -0.4 is 5.32 Å². The molecule has 0 spiro atoms. The molecule has 0 aromatic carbocycles. The van der Waals surface area contributed by atoms with E-state index >= 15 is 0 Å². The van der Waals surface area contributed by atoms with E-state index in [0.29, 0.717) is 0 Å². The number of nitrogens with zero attached hydrogens (tertiary/aromatic N) is 2. The summed E-state index contributed by atoms with van der Waals surface area (Å²) in [7, 11) is 2.29. The molecular weight excluding hydrogens is 198 g/mol. The molecule has 0 radical (unpaired) electrons. The smallest absolute Gasteiger partial charge is 0.0117 e. The molecule has 94 valence electrons. The molecule has 1 N–H and O–H groups in total. The first-order valence-electron chi connectivity index (χ1n) is 6.95. The number of likely N-dealkylation sites (N-methyl/N-ethyl adjacent to an activating group) is 1. The summed E-state index contributed by atoms with van der Waals surface area (Å²) in [6.07, 6.45) is 5.51. The standard InChI is InChI=1S/C13H27N3/c1-3-16-9-6-13(7-10-16)15(2)11-8-14-12-4-5-12/h12-14H,3-11H2,1-2H3. The fraction of sp³-hybridized carbons (Fsp3) is 1.00. The molecule has 0 amide bonds. The number of hydrogen-bond donors (Lipinski definition) is 1. The first kappa shape index (κ1) is 12.3. The van der Waals surface area contributed by atoms with Gasteiger partial charge in [0.1, 0.15) is 0 Å². The highest BCUT2D eigenvalue weighted by atomic mass is 15.2. The van der Waals surface area contributed by atoms with Crippen molar-refractivity contribution >= 4 is 0 Å². The van der Waals surface area contributed by atoms with Gasteiger partial charge in [-0.2, -0.15) is 0 Å². The molecule has 0 bridgehead atoms. The van der Waals surface area contributed by atoms with Gasteiger partial charge < -0.3 is 15.1 Å². The minimum absolute atomic E-state index is 0.823. The van der Waals surface area contributed by atoms with Crippen molar-refractivity contribution < 1.29 is 0 Å². The number of rotatable bonds is 6. The predicted molar refractivity (Wildman–Crippen MR) is 68.8 cm³/mol. The Labute approximate surface area is 100 Å². The Kier molecular flexibility index (Phi) is 4.62. The Bertz CT molecular complexity index is 195. The Balaban J connectivity index is 1.59. The van der Waals surface area contributed by atoms with Crippen LogP contribution in [0.25, 0.3) is 0 Å². The number of nitrogens with one attached hydrogen (secondary N) is 1. The fourth-order valence-corrected chi connectivity index (χ4v) is 2.59. The van der Waals surface area contributed by atoms with Crippen molar-refractivity contribution in [3.05, 3.63) is 0 Å². The van der Waals surface area contributed by atoms with Crippen LogP contribution in [0.15, 0.2) is 0 Å². The van der Waals surface area contributed by atoms with Crippen LogP contribution in [-0.4, -0.2) is 61.7 Å². The molecule has 3 heteroatoms. The molecule has 2 fully saturated rings. The summed E-state index contributed by atoms with van der Waals surface area (Å²) in [6, 6.07) is 1.68. The molecular formula is C13H27N3. The number of hydrogen-bond acceptors (Lipinski definition) is 3. The summed E-state index contributed by atoms with van der Waals surface area (Å²) < 4.78 is 0. The molecule has 0 unspecified atom stereocenters. The van der Waals surface area contributed by atoms with Crippen molar-refractivity contribution in [2.45, 2.75) is 44.7 Å². The van der Waals surface area contributed by atoms with Crippen LogP contribution in [0.4, 0.5) is 0 Å². The van der Waals surface area contributed by atoms with Gasteiger partial charge in [-0.1, -0.05) is 6.92 Å². The van der Waals surface area contributed by atoms with Crippen LogP contribution in [-0.2, 0) is 0 Å². The van der Waals surface area contributed by atoms with E-state index in [1.807, 2.05) is 0 Å². The van der Waals surface area contributed by atoms with Gasteiger partial charge in [0.2, 0.25) is 0 Å². The molecule has 0 aromatic heterocycles. The van der Waals surface area contributed by atoms with Crippen molar-refractivity contribution in [2.75, 3.05) is 39.8 Å². The Morgan fingerprint density at radius 1 is 1.19 bits per heavy atom. The first-order valence-corrected chi connectivity index (χ1v) is 6.95. The molecule has 1 saturated carbocycles. The van der Waals surface area contributed by atoms with Crippen LogP contribution in [0.3, 0.4) is 0 Å². The van der Waals surface area contributed by atoms with Crippen LogP contribution in [0, 0.1) is 0 Å². The zero-order chi connectivity index (χ0) is 11.4. The van der Waals surface area contributed by atoms with Gasteiger partial charge in [0.05, 0.1) is 0 Å². The van der Waals surface area contributed by atoms with E-state index < -0.39 is 0 Å². The van der Waals surface area contributed by atoms with Gasteiger partial charge in [-0.15, -0.1) is 0 Å². The maximum absolute atomic E-state index is 3.59. The van der Waals surface area contributed by atoms with Gasteiger partial charge in [-0.3, -0.25) is 0 Å². The van der Waals surface area contributed by atoms with E-state index in [4.69, 9.17) is 0 Å². The summed E-state index contributed by atoms with van der Waals surface area (Å²) in [5.41, 5.74) is 0. The second-order valence-electron chi connectivity index (χ2n) is 5.37. The zero-order valence-corrected chi connectivity index (χ0v) is 10.9. The third-order valence-electron chi connectivity index (χ3n) is 4.10. The summed E-state index contributed by atoms with van der Waals surface area (Å²) in [5, 5.41) is 3.59. The van der Waals surface area contributed by atoms with Gasteiger partial charge in [0.25, 0.3) is 0 Å². The van der Waals surface area contributed by atoms with Crippen molar-refractivity contribution in [1.82, 2.24) is 15.1 Å². The highest BCUT2D eigenvalue weighted by molar-refractivity contribution is 4.82. The topological polar surface area (TPSA) is 18.5 Å². The largest absolute Gasteiger partial charge is 0.313 e. The molecule has 1 saturated heterocycles. The minimum Gasteiger partial charge on any atom is -0.313 e. The summed E-state index contributed by atoms with van der Waals surface area (Å²) in [5.74, 6) is 0. The molecule has 16 heavy (non-hydrogen) atoms. The van der Waals surface area contributed by atoms with Crippen LogP contribution >= 0.6 is 0 Å². The van der Waals surface area contributed by atoms with Crippen molar-refractivity contribution in [2.24, 2.45) is 0 Å². The molecule has 1 aliphatic heterocycles. The van der Waals surface area contributed by atoms with Crippen LogP contribution in [0.2, 0.25) is 0 Å². The monoisotopic (exact) mass is 225 g/mol. The van der Waals surface area contributed by atoms with Crippen molar-refractivity contribution in [3.63, 3.8) is 0 Å². The molecule has 2 aliphatic rings. The predicted octanol–water partition coefficient (Wildman–Crippen LogP) is 1.15. The van der Waals surface area contributed by atoms with E-state index in [2.05, 4.69) is 29.1 Å². The van der Waals surface area contributed by atoms with Gasteiger partial charge >= 0.3 is 0 Å². The molecule has 1 aliphatic carbocycles. The SMILES string of the molecule is CCN1CCC(N(C)CCNC2CC2)CC1. The van der Waals surface area contributed by atoms with Crippen LogP contribution in [0.1, 0.15) is 32.6 Å². The van der Waals surface area contributed by atoms with Gasteiger partial charge in [0.15, 0.2) is 0 Å². The lowest BCUT2D eigenvalue weighted by atomic mass is 10.0. The molecule has 3 nitrogen and oxygen atoms in total. The van der Waals surface area contributed by atoms with E-state index in [1.54, 1.807) is 0 Å². The maximum Gasteiger partial charge on any atom is 0.0117 e. The third-order valence-corrected chi connectivity index (χ3v) is 4.10. The molecule has 2 rings (SSSR count). The lowest BCUT2D eigenvalue weighted by molar-refractivity contribution is 0.132. The van der Waals surface area contributed by atoms with Gasteiger partial charge in [-0.25, -0.2) is 0 Å². The van der Waals surface area contributed by atoms with Gasteiger partial charge in [0, 0.05) is 25.2 Å².